The molecular formula is C13H19N5S. The fourth-order valence-electron chi connectivity index (χ4n) is 1.84. The summed E-state index contributed by atoms with van der Waals surface area (Å²) in [5.41, 5.74) is 0. The second-order valence-electron chi connectivity index (χ2n) is 4.19. The summed E-state index contributed by atoms with van der Waals surface area (Å²) in [6.45, 7) is 6.93. The van der Waals surface area contributed by atoms with Crippen LogP contribution in [0.5, 0.6) is 0 Å². The van der Waals surface area contributed by atoms with Gasteiger partial charge in [-0.25, -0.2) is 15.0 Å². The SMILES string of the molecule is CCNc1cc(NC(CC)c2nccs2)nc(C)n1. The summed E-state index contributed by atoms with van der Waals surface area (Å²) < 4.78 is 0. The lowest BCUT2D eigenvalue weighted by molar-refractivity contribution is 0.736. The maximum atomic E-state index is 4.43. The molecule has 0 radical (unpaired) electrons. The van der Waals surface area contributed by atoms with Crippen LogP contribution in [-0.4, -0.2) is 21.5 Å². The quantitative estimate of drug-likeness (QED) is 0.848. The second-order valence-corrected chi connectivity index (χ2v) is 5.12. The van der Waals surface area contributed by atoms with Gasteiger partial charge in [0.1, 0.15) is 22.5 Å². The highest BCUT2D eigenvalue weighted by Crippen LogP contribution is 2.24. The number of anilines is 2. The second kappa shape index (κ2) is 6.47. The van der Waals surface area contributed by atoms with E-state index in [4.69, 9.17) is 0 Å². The van der Waals surface area contributed by atoms with Crippen LogP contribution in [0.2, 0.25) is 0 Å². The Morgan fingerprint density at radius 2 is 2.05 bits per heavy atom. The van der Waals surface area contributed by atoms with Crippen LogP contribution in [0.4, 0.5) is 11.6 Å². The summed E-state index contributed by atoms with van der Waals surface area (Å²) in [7, 11) is 0. The smallest absolute Gasteiger partial charge is 0.132 e. The first-order valence-corrected chi connectivity index (χ1v) is 7.36. The zero-order valence-electron chi connectivity index (χ0n) is 11.5. The molecule has 6 heteroatoms. The minimum Gasteiger partial charge on any atom is -0.370 e. The van der Waals surface area contributed by atoms with E-state index < -0.39 is 0 Å². The third kappa shape index (κ3) is 3.64. The monoisotopic (exact) mass is 277 g/mol. The maximum Gasteiger partial charge on any atom is 0.132 e. The molecule has 2 N–H and O–H groups in total. The molecular weight excluding hydrogens is 258 g/mol. The highest BCUT2D eigenvalue weighted by Gasteiger charge is 2.13. The van der Waals surface area contributed by atoms with E-state index in [1.54, 1.807) is 11.3 Å². The van der Waals surface area contributed by atoms with Gasteiger partial charge in [-0.1, -0.05) is 6.92 Å². The Morgan fingerprint density at radius 1 is 1.26 bits per heavy atom. The van der Waals surface area contributed by atoms with E-state index in [2.05, 4.69) is 39.4 Å². The Labute approximate surface area is 117 Å². The molecule has 2 rings (SSSR count). The van der Waals surface area contributed by atoms with Gasteiger partial charge in [0.05, 0.1) is 6.04 Å². The molecule has 1 unspecified atom stereocenters. The highest BCUT2D eigenvalue weighted by atomic mass is 32.1. The predicted octanol–water partition coefficient (Wildman–Crippen LogP) is 3.24. The van der Waals surface area contributed by atoms with Crippen LogP contribution < -0.4 is 10.6 Å². The van der Waals surface area contributed by atoms with Crippen molar-refractivity contribution in [2.75, 3.05) is 17.2 Å². The lowest BCUT2D eigenvalue weighted by Gasteiger charge is -2.16. The van der Waals surface area contributed by atoms with E-state index >= 15 is 0 Å². The zero-order chi connectivity index (χ0) is 13.7. The van der Waals surface area contributed by atoms with Crippen LogP contribution in [-0.2, 0) is 0 Å². The van der Waals surface area contributed by atoms with E-state index in [0.717, 1.165) is 35.4 Å². The molecule has 0 saturated heterocycles. The van der Waals surface area contributed by atoms with Gasteiger partial charge in [-0.3, -0.25) is 0 Å². The Kier molecular flexibility index (Phi) is 4.68. The van der Waals surface area contributed by atoms with Crippen molar-refractivity contribution < 1.29 is 0 Å². The molecule has 5 nitrogen and oxygen atoms in total. The summed E-state index contributed by atoms with van der Waals surface area (Å²) in [5, 5.41) is 9.72. The number of nitrogens with one attached hydrogen (secondary N) is 2. The minimum absolute atomic E-state index is 0.198. The standard InChI is InChI=1S/C13H19N5S/c1-4-10(13-15-6-7-19-13)18-12-8-11(14-5-2)16-9(3)17-12/h6-8,10H,4-5H2,1-3H3,(H2,14,16,17,18). The van der Waals surface area contributed by atoms with Gasteiger partial charge in [-0.15, -0.1) is 11.3 Å². The first-order chi connectivity index (χ1) is 9.22. The molecule has 0 spiro atoms. The van der Waals surface area contributed by atoms with Crippen LogP contribution in [0, 0.1) is 6.92 Å². The van der Waals surface area contributed by atoms with Gasteiger partial charge in [0.2, 0.25) is 0 Å². The zero-order valence-corrected chi connectivity index (χ0v) is 12.3. The van der Waals surface area contributed by atoms with Crippen LogP contribution in [0.1, 0.15) is 37.1 Å². The van der Waals surface area contributed by atoms with E-state index in [1.807, 2.05) is 24.6 Å². The van der Waals surface area contributed by atoms with Crippen molar-refractivity contribution in [1.29, 1.82) is 0 Å². The number of aryl methyl sites for hydroxylation is 1. The Hall–Kier alpha value is -1.69. The van der Waals surface area contributed by atoms with Crippen molar-refractivity contribution in [3.05, 3.63) is 28.5 Å². The molecule has 2 aromatic rings. The molecule has 0 aromatic carbocycles. The fraction of sp³-hybridized carbons (Fsp3) is 0.462. The lowest BCUT2D eigenvalue weighted by Crippen LogP contribution is -2.12. The Morgan fingerprint density at radius 3 is 2.68 bits per heavy atom. The molecule has 0 saturated carbocycles. The molecule has 102 valence electrons. The van der Waals surface area contributed by atoms with E-state index in [1.165, 1.54) is 0 Å². The van der Waals surface area contributed by atoms with Crippen molar-refractivity contribution >= 4 is 23.0 Å². The van der Waals surface area contributed by atoms with Gasteiger partial charge in [-0.05, 0) is 20.3 Å². The molecule has 2 heterocycles. The summed E-state index contributed by atoms with van der Waals surface area (Å²) in [4.78, 5) is 13.1. The van der Waals surface area contributed by atoms with Gasteiger partial charge in [0.25, 0.3) is 0 Å². The number of rotatable bonds is 6. The Balaban J connectivity index is 2.17. The van der Waals surface area contributed by atoms with Gasteiger partial charge >= 0.3 is 0 Å². The molecule has 0 aliphatic rings. The number of aromatic nitrogens is 3. The molecule has 0 amide bonds. The average molecular weight is 277 g/mol. The molecule has 0 fully saturated rings. The molecule has 0 aliphatic carbocycles. The van der Waals surface area contributed by atoms with Crippen LogP contribution in [0.25, 0.3) is 0 Å². The minimum atomic E-state index is 0.198. The topological polar surface area (TPSA) is 62.7 Å². The largest absolute Gasteiger partial charge is 0.370 e. The maximum absolute atomic E-state index is 4.43. The summed E-state index contributed by atoms with van der Waals surface area (Å²) in [6, 6.07) is 2.14. The van der Waals surface area contributed by atoms with Crippen molar-refractivity contribution in [2.24, 2.45) is 0 Å². The lowest BCUT2D eigenvalue weighted by atomic mass is 10.2. The number of thiazole rings is 1. The van der Waals surface area contributed by atoms with Crippen molar-refractivity contribution in [2.45, 2.75) is 33.2 Å². The van der Waals surface area contributed by atoms with Gasteiger partial charge < -0.3 is 10.6 Å². The van der Waals surface area contributed by atoms with Crippen LogP contribution in [0.15, 0.2) is 17.6 Å². The Bertz CT molecular complexity index is 512. The summed E-state index contributed by atoms with van der Waals surface area (Å²) >= 11 is 1.66. The first-order valence-electron chi connectivity index (χ1n) is 6.48. The van der Waals surface area contributed by atoms with Crippen LogP contribution in [0.3, 0.4) is 0 Å². The molecule has 19 heavy (non-hydrogen) atoms. The molecule has 2 aromatic heterocycles. The van der Waals surface area contributed by atoms with Gasteiger partial charge in [-0.2, -0.15) is 0 Å². The first kappa shape index (κ1) is 13.7. The van der Waals surface area contributed by atoms with Crippen molar-refractivity contribution in [3.63, 3.8) is 0 Å². The fourth-order valence-corrected chi connectivity index (χ4v) is 2.61. The third-order valence-electron chi connectivity index (χ3n) is 2.68. The molecule has 1 atom stereocenters. The average Bonchev–Trinajstić information content (AvgIpc) is 2.89. The van der Waals surface area contributed by atoms with Gasteiger partial charge in [0.15, 0.2) is 0 Å². The molecule has 0 bridgehead atoms. The summed E-state index contributed by atoms with van der Waals surface area (Å²) in [6.07, 6.45) is 2.80. The van der Waals surface area contributed by atoms with Crippen LogP contribution >= 0.6 is 11.3 Å². The predicted molar refractivity (Wildman–Crippen MR) is 79.7 cm³/mol. The van der Waals surface area contributed by atoms with E-state index in [0.29, 0.717) is 0 Å². The highest BCUT2D eigenvalue weighted by molar-refractivity contribution is 7.09. The number of nitrogens with zero attached hydrogens (tertiary/aromatic N) is 3. The van der Waals surface area contributed by atoms with E-state index in [-0.39, 0.29) is 6.04 Å². The van der Waals surface area contributed by atoms with E-state index in [9.17, 15) is 0 Å². The third-order valence-corrected chi connectivity index (χ3v) is 3.56. The van der Waals surface area contributed by atoms with Crippen molar-refractivity contribution in [1.82, 2.24) is 15.0 Å². The number of hydrogen-bond donors (Lipinski definition) is 2. The number of hydrogen-bond acceptors (Lipinski definition) is 6. The van der Waals surface area contributed by atoms with Crippen molar-refractivity contribution in [3.8, 4) is 0 Å². The van der Waals surface area contributed by atoms with Gasteiger partial charge in [0, 0.05) is 24.2 Å². The summed E-state index contributed by atoms with van der Waals surface area (Å²) in [5.74, 6) is 2.45. The molecule has 0 aliphatic heterocycles. The normalized spacial score (nSPS) is 12.2.